The highest BCUT2D eigenvalue weighted by atomic mass is 16.5. The van der Waals surface area contributed by atoms with E-state index in [0.29, 0.717) is 18.9 Å². The van der Waals surface area contributed by atoms with Crippen LogP contribution in [0.5, 0.6) is 0 Å². The molecule has 1 aliphatic rings. The molecule has 2 atom stereocenters. The highest BCUT2D eigenvalue weighted by Crippen LogP contribution is 2.41. The van der Waals surface area contributed by atoms with Gasteiger partial charge in [-0.15, -0.1) is 0 Å². The van der Waals surface area contributed by atoms with Crippen LogP contribution in [-0.4, -0.2) is 35.5 Å². The molecule has 0 radical (unpaired) electrons. The molecular weight excluding hydrogens is 270 g/mol. The Morgan fingerprint density at radius 3 is 2.67 bits per heavy atom. The van der Waals surface area contributed by atoms with E-state index >= 15 is 0 Å². The number of hydrogen-bond donors (Lipinski definition) is 0. The molecule has 5 heteroatoms. The molecule has 21 heavy (non-hydrogen) atoms. The van der Waals surface area contributed by atoms with E-state index in [1.165, 1.54) is 6.26 Å². The third-order valence-electron chi connectivity index (χ3n) is 3.72. The molecule has 0 aliphatic heterocycles. The molecule has 1 aliphatic carbocycles. The Hall–Kier alpha value is -1.78. The van der Waals surface area contributed by atoms with Crippen molar-refractivity contribution in [1.29, 1.82) is 0 Å². The molecule has 2 rings (SSSR count). The van der Waals surface area contributed by atoms with Crippen molar-refractivity contribution in [2.24, 2.45) is 11.8 Å². The van der Waals surface area contributed by atoms with E-state index in [1.54, 1.807) is 24.0 Å². The van der Waals surface area contributed by atoms with Gasteiger partial charge in [0.25, 0.3) is 5.91 Å². The molecule has 1 aromatic heterocycles. The number of esters is 1. The lowest BCUT2D eigenvalue weighted by Gasteiger charge is -2.35. The van der Waals surface area contributed by atoms with Crippen LogP contribution in [-0.2, 0) is 9.53 Å². The van der Waals surface area contributed by atoms with Gasteiger partial charge >= 0.3 is 5.97 Å². The monoisotopic (exact) mass is 293 g/mol. The zero-order chi connectivity index (χ0) is 15.6. The zero-order valence-corrected chi connectivity index (χ0v) is 13.1. The minimum Gasteiger partial charge on any atom is -0.466 e. The largest absolute Gasteiger partial charge is 0.466 e. The molecule has 1 heterocycles. The first-order chi connectivity index (χ1) is 9.84. The van der Waals surface area contributed by atoms with Crippen molar-refractivity contribution in [3.8, 4) is 0 Å². The van der Waals surface area contributed by atoms with Crippen molar-refractivity contribution in [2.45, 2.75) is 39.7 Å². The fourth-order valence-corrected chi connectivity index (χ4v) is 2.42. The second-order valence-electron chi connectivity index (χ2n) is 6.42. The summed E-state index contributed by atoms with van der Waals surface area (Å²) < 4.78 is 10.2. The molecule has 1 aromatic rings. The first-order valence-corrected chi connectivity index (χ1v) is 7.36. The maximum atomic E-state index is 12.5. The molecule has 0 bridgehead atoms. The van der Waals surface area contributed by atoms with Gasteiger partial charge in [0.15, 0.2) is 5.76 Å². The number of carbonyl (C=O) groups excluding carboxylic acids is 2. The van der Waals surface area contributed by atoms with Crippen LogP contribution in [0.4, 0.5) is 0 Å². The summed E-state index contributed by atoms with van der Waals surface area (Å²) in [7, 11) is 0. The molecule has 5 nitrogen and oxygen atoms in total. The van der Waals surface area contributed by atoms with Crippen LogP contribution in [0.25, 0.3) is 0 Å². The standard InChI is InChI=1S/C16H23NO4/c1-5-20-15(19)12-9-11(12)10-17(16(2,3)4)14(18)13-7-6-8-21-13/h6-8,11-12H,5,9-10H2,1-4H3/t11-,12+/m1/s1. The molecule has 0 saturated heterocycles. The van der Waals surface area contributed by atoms with Gasteiger partial charge in [-0.25, -0.2) is 0 Å². The van der Waals surface area contributed by atoms with Crippen molar-refractivity contribution in [3.63, 3.8) is 0 Å². The maximum absolute atomic E-state index is 12.5. The SMILES string of the molecule is CCOC(=O)[C@H]1C[C@@H]1CN(C(=O)c1ccco1)C(C)(C)C. The maximum Gasteiger partial charge on any atom is 0.309 e. The van der Waals surface area contributed by atoms with Gasteiger partial charge in [-0.2, -0.15) is 0 Å². The highest BCUT2D eigenvalue weighted by Gasteiger charge is 2.47. The second kappa shape index (κ2) is 5.92. The van der Waals surface area contributed by atoms with Crippen LogP contribution in [0, 0.1) is 11.8 Å². The summed E-state index contributed by atoms with van der Waals surface area (Å²) in [6.45, 7) is 8.70. The first kappa shape index (κ1) is 15.6. The van der Waals surface area contributed by atoms with E-state index in [1.807, 2.05) is 20.8 Å². The normalized spacial score (nSPS) is 21.0. The summed E-state index contributed by atoms with van der Waals surface area (Å²) in [5.41, 5.74) is -0.328. The highest BCUT2D eigenvalue weighted by molar-refractivity contribution is 5.92. The molecule has 0 aromatic carbocycles. The quantitative estimate of drug-likeness (QED) is 0.783. The third kappa shape index (κ3) is 3.65. The minimum atomic E-state index is -0.328. The predicted octanol–water partition coefficient (Wildman–Crippen LogP) is 2.72. The molecule has 116 valence electrons. The van der Waals surface area contributed by atoms with Crippen molar-refractivity contribution in [3.05, 3.63) is 24.2 Å². The molecule has 0 unspecified atom stereocenters. The lowest BCUT2D eigenvalue weighted by molar-refractivity contribution is -0.145. The molecule has 0 N–H and O–H groups in total. The van der Waals surface area contributed by atoms with Gasteiger partial charge in [0.2, 0.25) is 0 Å². The van der Waals surface area contributed by atoms with E-state index < -0.39 is 0 Å². The number of amides is 1. The van der Waals surface area contributed by atoms with Crippen molar-refractivity contribution >= 4 is 11.9 Å². The van der Waals surface area contributed by atoms with Crippen LogP contribution >= 0.6 is 0 Å². The van der Waals surface area contributed by atoms with Crippen molar-refractivity contribution in [1.82, 2.24) is 4.90 Å². The second-order valence-corrected chi connectivity index (χ2v) is 6.42. The summed E-state index contributed by atoms with van der Waals surface area (Å²) in [4.78, 5) is 26.0. The Balaban J connectivity index is 2.03. The van der Waals surface area contributed by atoms with Gasteiger partial charge < -0.3 is 14.1 Å². The summed E-state index contributed by atoms with van der Waals surface area (Å²) >= 11 is 0. The average Bonchev–Trinajstić information content (AvgIpc) is 2.95. The number of rotatable bonds is 5. The molecular formula is C16H23NO4. The predicted molar refractivity (Wildman–Crippen MR) is 77.7 cm³/mol. The first-order valence-electron chi connectivity index (χ1n) is 7.36. The Morgan fingerprint density at radius 2 is 2.14 bits per heavy atom. The van der Waals surface area contributed by atoms with Crippen molar-refractivity contribution < 1.29 is 18.7 Å². The molecule has 0 spiro atoms. The minimum absolute atomic E-state index is 0.0702. The Bertz CT molecular complexity index is 501. The fourth-order valence-electron chi connectivity index (χ4n) is 2.42. The Kier molecular flexibility index (Phi) is 4.40. The molecule has 1 fully saturated rings. The zero-order valence-electron chi connectivity index (χ0n) is 13.1. The van der Waals surface area contributed by atoms with Crippen LogP contribution in [0.3, 0.4) is 0 Å². The number of carbonyl (C=O) groups is 2. The smallest absolute Gasteiger partial charge is 0.309 e. The molecule has 1 saturated carbocycles. The lowest BCUT2D eigenvalue weighted by Crippen LogP contribution is -2.46. The van der Waals surface area contributed by atoms with Crippen molar-refractivity contribution in [2.75, 3.05) is 13.2 Å². The summed E-state index contributed by atoms with van der Waals surface area (Å²) in [5, 5.41) is 0. The number of ether oxygens (including phenoxy) is 1. The summed E-state index contributed by atoms with van der Waals surface area (Å²) in [6.07, 6.45) is 2.28. The van der Waals surface area contributed by atoms with E-state index in [0.717, 1.165) is 6.42 Å². The van der Waals surface area contributed by atoms with E-state index in [2.05, 4.69) is 0 Å². The summed E-state index contributed by atoms with van der Waals surface area (Å²) in [6, 6.07) is 3.36. The van der Waals surface area contributed by atoms with Gasteiger partial charge in [0.1, 0.15) is 0 Å². The fraction of sp³-hybridized carbons (Fsp3) is 0.625. The molecule has 1 amide bonds. The van der Waals surface area contributed by atoms with E-state index in [-0.39, 0.29) is 29.3 Å². The number of nitrogens with zero attached hydrogens (tertiary/aromatic N) is 1. The van der Waals surface area contributed by atoms with Crippen LogP contribution in [0.1, 0.15) is 44.7 Å². The van der Waals surface area contributed by atoms with E-state index in [4.69, 9.17) is 9.15 Å². The number of hydrogen-bond acceptors (Lipinski definition) is 4. The van der Waals surface area contributed by atoms with Gasteiger partial charge in [0, 0.05) is 12.1 Å². The van der Waals surface area contributed by atoms with Gasteiger partial charge in [-0.1, -0.05) is 0 Å². The van der Waals surface area contributed by atoms with Crippen LogP contribution in [0.2, 0.25) is 0 Å². The third-order valence-corrected chi connectivity index (χ3v) is 3.72. The summed E-state index contributed by atoms with van der Waals surface area (Å²) in [5.74, 6) is 0.156. The number of furan rings is 1. The lowest BCUT2D eigenvalue weighted by atomic mass is 10.0. The van der Waals surface area contributed by atoms with Crippen LogP contribution in [0.15, 0.2) is 22.8 Å². The van der Waals surface area contributed by atoms with Gasteiger partial charge in [0.05, 0.1) is 18.8 Å². The van der Waals surface area contributed by atoms with Crippen LogP contribution < -0.4 is 0 Å². The van der Waals surface area contributed by atoms with Gasteiger partial charge in [-0.3, -0.25) is 9.59 Å². The van der Waals surface area contributed by atoms with Gasteiger partial charge in [-0.05, 0) is 52.2 Å². The Labute approximate surface area is 125 Å². The average molecular weight is 293 g/mol. The van der Waals surface area contributed by atoms with E-state index in [9.17, 15) is 9.59 Å². The topological polar surface area (TPSA) is 59.8 Å². The Morgan fingerprint density at radius 1 is 1.43 bits per heavy atom.